The molecule has 0 unspecified atom stereocenters. The molecule has 0 radical (unpaired) electrons. The average Bonchev–Trinajstić information content (AvgIpc) is 3.93. The van der Waals surface area contributed by atoms with Gasteiger partial charge in [0.25, 0.3) is 0 Å². The van der Waals surface area contributed by atoms with Gasteiger partial charge in [0.2, 0.25) is 0 Å². The molecule has 9 aromatic carbocycles. The number of hydrogen-bond acceptors (Lipinski definition) is 2. The predicted octanol–water partition coefficient (Wildman–Crippen LogP) is 13.7. The summed E-state index contributed by atoms with van der Waals surface area (Å²) >= 11 is 0. The molecule has 0 saturated carbocycles. The van der Waals surface area contributed by atoms with Crippen molar-refractivity contribution >= 4 is 87.2 Å². The van der Waals surface area contributed by atoms with Gasteiger partial charge in [-0.15, -0.1) is 0 Å². The Balaban J connectivity index is 1.14. The lowest BCUT2D eigenvalue weighted by molar-refractivity contribution is 1.08. The van der Waals surface area contributed by atoms with E-state index in [-0.39, 0.29) is 0 Å². The topological polar surface area (TPSA) is 40.6 Å². The van der Waals surface area contributed by atoms with Crippen molar-refractivity contribution in [2.75, 3.05) is 0 Å². The van der Waals surface area contributed by atoms with Gasteiger partial charge in [-0.25, -0.2) is 9.97 Å². The van der Waals surface area contributed by atoms with Crippen molar-refractivity contribution in [2.45, 2.75) is 0 Å². The van der Waals surface area contributed by atoms with E-state index < -0.39 is 0 Å². The highest BCUT2D eigenvalue weighted by Crippen LogP contribution is 2.41. The molecule has 4 aromatic heterocycles. The van der Waals surface area contributed by atoms with Gasteiger partial charge in [0.05, 0.1) is 44.1 Å². The molecule has 0 aliphatic carbocycles. The summed E-state index contributed by atoms with van der Waals surface area (Å²) in [6.07, 6.45) is 0. The van der Waals surface area contributed by atoms with Gasteiger partial charge in [-0.3, -0.25) is 4.57 Å². The van der Waals surface area contributed by atoms with Crippen molar-refractivity contribution < 1.29 is 0 Å². The molecule has 13 rings (SSSR count). The van der Waals surface area contributed by atoms with E-state index in [0.717, 1.165) is 61.4 Å². The number of nitrogens with zero attached hydrogens (tertiary/aromatic N) is 5. The average molecular weight is 752 g/mol. The predicted molar refractivity (Wildman–Crippen MR) is 245 cm³/mol. The highest BCUT2D eigenvalue weighted by molar-refractivity contribution is 6.16. The molecule has 0 fully saturated rings. The summed E-state index contributed by atoms with van der Waals surface area (Å²) in [6.45, 7) is 0. The van der Waals surface area contributed by atoms with Gasteiger partial charge in [-0.05, 0) is 89.6 Å². The smallest absolute Gasteiger partial charge is 0.165 e. The number of aromatic nitrogens is 5. The Hall–Kier alpha value is -8.02. The molecule has 0 saturated heterocycles. The lowest BCUT2D eigenvalue weighted by Crippen LogP contribution is -2.04. The van der Waals surface area contributed by atoms with Crippen LogP contribution in [0.25, 0.3) is 116 Å². The Kier molecular flexibility index (Phi) is 6.66. The molecule has 4 heterocycles. The fraction of sp³-hybridized carbons (Fsp3) is 0. The fourth-order valence-electron chi connectivity index (χ4n) is 9.58. The van der Waals surface area contributed by atoms with Crippen molar-refractivity contribution in [3.05, 3.63) is 200 Å². The molecule has 0 aliphatic heterocycles. The highest BCUT2D eigenvalue weighted by atomic mass is 15.1. The van der Waals surface area contributed by atoms with Crippen molar-refractivity contribution in [1.82, 2.24) is 23.7 Å². The zero-order valence-corrected chi connectivity index (χ0v) is 31.8. The number of rotatable bonds is 4. The van der Waals surface area contributed by atoms with Crippen LogP contribution in [0.4, 0.5) is 0 Å². The van der Waals surface area contributed by atoms with E-state index >= 15 is 0 Å². The van der Waals surface area contributed by atoms with Crippen molar-refractivity contribution in [2.24, 2.45) is 0 Å². The molecule has 0 N–H and O–H groups in total. The molecule has 0 aliphatic rings. The van der Waals surface area contributed by atoms with Crippen LogP contribution in [0.1, 0.15) is 0 Å². The second kappa shape index (κ2) is 12.2. The van der Waals surface area contributed by atoms with Crippen molar-refractivity contribution in [3.63, 3.8) is 0 Å². The molecule has 274 valence electrons. The molecule has 0 atom stereocenters. The third-order valence-electron chi connectivity index (χ3n) is 12.2. The van der Waals surface area contributed by atoms with Gasteiger partial charge in [0.15, 0.2) is 5.82 Å². The van der Waals surface area contributed by atoms with Crippen LogP contribution >= 0.6 is 0 Å². The number of benzene rings is 9. The Bertz CT molecular complexity index is 3800. The van der Waals surface area contributed by atoms with Crippen LogP contribution in [0.3, 0.4) is 0 Å². The summed E-state index contributed by atoms with van der Waals surface area (Å²) in [7, 11) is 0. The van der Waals surface area contributed by atoms with E-state index in [4.69, 9.17) is 9.97 Å². The lowest BCUT2D eigenvalue weighted by atomic mass is 10.1. The Morgan fingerprint density at radius 2 is 0.797 bits per heavy atom. The monoisotopic (exact) mass is 751 g/mol. The van der Waals surface area contributed by atoms with E-state index in [1.165, 1.54) is 54.3 Å². The number of hydrogen-bond donors (Lipinski definition) is 0. The number of para-hydroxylation sites is 6. The minimum Gasteiger partial charge on any atom is -0.309 e. The summed E-state index contributed by atoms with van der Waals surface area (Å²) in [5.41, 5.74) is 12.6. The van der Waals surface area contributed by atoms with E-state index in [1.807, 2.05) is 12.1 Å². The summed E-state index contributed by atoms with van der Waals surface area (Å²) in [5.74, 6) is 0.796. The third kappa shape index (κ3) is 4.67. The van der Waals surface area contributed by atoms with Gasteiger partial charge >= 0.3 is 0 Å². The van der Waals surface area contributed by atoms with Crippen LogP contribution in [0.2, 0.25) is 0 Å². The fourth-order valence-corrected chi connectivity index (χ4v) is 9.58. The molecule has 0 amide bonds. The van der Waals surface area contributed by atoms with Gasteiger partial charge in [0.1, 0.15) is 5.69 Å². The largest absolute Gasteiger partial charge is 0.309 e. The first-order valence-corrected chi connectivity index (χ1v) is 20.1. The molecule has 5 nitrogen and oxygen atoms in total. The lowest BCUT2D eigenvalue weighted by Gasteiger charge is -2.15. The molecular weight excluding hydrogens is 719 g/mol. The van der Waals surface area contributed by atoms with E-state index in [0.29, 0.717) is 0 Å². The van der Waals surface area contributed by atoms with Crippen molar-refractivity contribution in [1.29, 1.82) is 0 Å². The summed E-state index contributed by atoms with van der Waals surface area (Å²) in [6, 6.07) is 71.9. The Morgan fingerprint density at radius 3 is 1.51 bits per heavy atom. The maximum Gasteiger partial charge on any atom is 0.165 e. The molecule has 13 aromatic rings. The minimum absolute atomic E-state index is 0.796. The van der Waals surface area contributed by atoms with Crippen molar-refractivity contribution in [3.8, 4) is 28.5 Å². The molecule has 0 bridgehead atoms. The van der Waals surface area contributed by atoms with E-state index in [2.05, 4.69) is 202 Å². The maximum absolute atomic E-state index is 5.55. The maximum atomic E-state index is 5.55. The zero-order chi connectivity index (χ0) is 38.6. The van der Waals surface area contributed by atoms with Gasteiger partial charge in [-0.1, -0.05) is 121 Å². The first kappa shape index (κ1) is 32.1. The second-order valence-electron chi connectivity index (χ2n) is 15.4. The third-order valence-corrected chi connectivity index (χ3v) is 12.2. The van der Waals surface area contributed by atoms with Gasteiger partial charge in [-0.2, -0.15) is 0 Å². The SMILES string of the molecule is c1ccc(-n2c3ccccc3c3cc(-c4nc5ccccc5nc4-n4c5cc(-n6c7ccccc7c7ccccc76)ccc5c5cc6ccccc6cc54)ccc32)cc1. The van der Waals surface area contributed by atoms with Gasteiger partial charge in [0, 0.05) is 49.3 Å². The van der Waals surface area contributed by atoms with Crippen LogP contribution in [-0.2, 0) is 0 Å². The van der Waals surface area contributed by atoms with E-state index in [9.17, 15) is 0 Å². The quantitative estimate of drug-likeness (QED) is 0.180. The second-order valence-corrected chi connectivity index (χ2v) is 15.4. The van der Waals surface area contributed by atoms with Gasteiger partial charge < -0.3 is 9.13 Å². The highest BCUT2D eigenvalue weighted by Gasteiger charge is 2.23. The Morgan fingerprint density at radius 1 is 0.288 bits per heavy atom. The normalized spacial score (nSPS) is 12.1. The standard InChI is InChI=1S/C54H33N5/c1-2-16-37(17-3-1)57-49-25-13-8-20-41(49)43-31-36(26-29-50(43)57)53-54(56-46-22-10-9-21-45(46)55-53)59-51-32-35-15-5-4-14-34(35)30-44(51)42-28-27-38(33-52(42)59)58-47-23-11-6-18-39(47)40-19-7-12-24-48(40)58/h1-33H. The van der Waals surface area contributed by atoms with Crippen LogP contribution in [-0.4, -0.2) is 23.7 Å². The Labute approximate surface area is 338 Å². The molecule has 5 heteroatoms. The van der Waals surface area contributed by atoms with Crippen LogP contribution in [0.5, 0.6) is 0 Å². The molecular formula is C54H33N5. The van der Waals surface area contributed by atoms with Crippen LogP contribution in [0.15, 0.2) is 200 Å². The summed E-state index contributed by atoms with van der Waals surface area (Å²) in [5, 5.41) is 9.57. The minimum atomic E-state index is 0.796. The molecule has 59 heavy (non-hydrogen) atoms. The summed E-state index contributed by atoms with van der Waals surface area (Å²) < 4.78 is 7.11. The first-order valence-electron chi connectivity index (χ1n) is 20.1. The van der Waals surface area contributed by atoms with E-state index in [1.54, 1.807) is 0 Å². The summed E-state index contributed by atoms with van der Waals surface area (Å²) in [4.78, 5) is 11.0. The zero-order valence-electron chi connectivity index (χ0n) is 31.8. The van der Waals surface area contributed by atoms with Crippen LogP contribution < -0.4 is 0 Å². The van der Waals surface area contributed by atoms with Crippen LogP contribution in [0, 0.1) is 0 Å². The number of fused-ring (bicyclic) bond motifs is 11. The molecule has 0 spiro atoms. The first-order chi connectivity index (χ1) is 29.3.